The lowest BCUT2D eigenvalue weighted by molar-refractivity contribution is -0.114. The number of hydrogen-bond acceptors (Lipinski definition) is 8. The van der Waals surface area contributed by atoms with Crippen LogP contribution in [0.2, 0.25) is 0 Å². The summed E-state index contributed by atoms with van der Waals surface area (Å²) in [7, 11) is 0. The topological polar surface area (TPSA) is 139 Å². The van der Waals surface area contributed by atoms with Crippen molar-refractivity contribution in [2.24, 2.45) is 10.7 Å². The molecule has 0 fully saturated rings. The number of nitrogens with two attached hydrogens (primary N) is 2. The summed E-state index contributed by atoms with van der Waals surface area (Å²) in [4.78, 5) is 34.4. The third kappa shape index (κ3) is 5.93. The number of carbonyl (C=O) groups excluding carboxylic acids is 2. The van der Waals surface area contributed by atoms with Crippen molar-refractivity contribution in [1.82, 2.24) is 9.88 Å². The molecule has 1 aromatic heterocycles. The zero-order chi connectivity index (χ0) is 24.0. The first kappa shape index (κ1) is 23.9. The van der Waals surface area contributed by atoms with E-state index in [1.807, 2.05) is 25.1 Å². The van der Waals surface area contributed by atoms with E-state index in [1.54, 1.807) is 29.3 Å². The van der Waals surface area contributed by atoms with E-state index in [2.05, 4.69) is 27.2 Å². The summed E-state index contributed by atoms with van der Waals surface area (Å²) in [6.07, 6.45) is 1.61. The molecule has 10 heteroatoms. The normalized spacial score (nSPS) is 11.0. The van der Waals surface area contributed by atoms with Gasteiger partial charge in [0.15, 0.2) is 5.01 Å². The number of benzene rings is 2. The number of carbonyl (C=O) groups is 2. The Kier molecular flexibility index (Phi) is 7.75. The molecular weight excluding hydrogens is 438 g/mol. The Hall–Kier alpha value is -3.76. The fourth-order valence-electron chi connectivity index (χ4n) is 3.15. The third-order valence-corrected chi connectivity index (χ3v) is 5.80. The lowest BCUT2D eigenvalue weighted by Gasteiger charge is -2.18. The summed E-state index contributed by atoms with van der Waals surface area (Å²) in [6, 6.07) is 10.8. The van der Waals surface area contributed by atoms with Crippen LogP contribution in [0.25, 0.3) is 10.2 Å². The van der Waals surface area contributed by atoms with Crippen LogP contribution in [-0.2, 0) is 4.79 Å². The molecule has 33 heavy (non-hydrogen) atoms. The molecule has 1 heterocycles. The van der Waals surface area contributed by atoms with Gasteiger partial charge in [0, 0.05) is 49.7 Å². The number of aromatic nitrogens is 1. The second kappa shape index (κ2) is 10.7. The van der Waals surface area contributed by atoms with E-state index in [0.717, 1.165) is 10.4 Å². The lowest BCUT2D eigenvalue weighted by atomic mass is 10.2. The number of amides is 2. The molecule has 0 aliphatic carbocycles. The summed E-state index contributed by atoms with van der Waals surface area (Å²) in [5.41, 5.74) is 15.2. The minimum atomic E-state index is -0.155. The molecule has 9 nitrogen and oxygen atoms in total. The van der Waals surface area contributed by atoms with Crippen molar-refractivity contribution in [1.29, 1.82) is 0 Å². The summed E-state index contributed by atoms with van der Waals surface area (Å²) in [6.45, 7) is 8.69. The molecule has 0 saturated carbocycles. The number of fused-ring (bicyclic) bond motifs is 1. The van der Waals surface area contributed by atoms with Crippen LogP contribution >= 0.6 is 11.3 Å². The Morgan fingerprint density at radius 2 is 1.97 bits per heavy atom. The average Bonchev–Trinajstić information content (AvgIpc) is 3.21. The van der Waals surface area contributed by atoms with Crippen LogP contribution in [0.15, 0.2) is 53.8 Å². The van der Waals surface area contributed by atoms with Crippen LogP contribution in [0.4, 0.5) is 17.1 Å². The monoisotopic (exact) mass is 465 g/mol. The van der Waals surface area contributed by atoms with Gasteiger partial charge in [-0.05, 0) is 37.3 Å². The standard InChI is InChI=1S/C23H27N7O2S/c1-4-30(11-10-24)23(32)22-29-19-9-8-16(20(25)21(19)33-22)13-26-14(2)27-17-6-5-7-18(12-17)28-15(3)31/h5-9,12-13,27H,2,4,10-11,24-25H2,1,3H3,(H,28,31)/b26-13-. The van der Waals surface area contributed by atoms with Crippen LogP contribution in [0.5, 0.6) is 0 Å². The maximum Gasteiger partial charge on any atom is 0.282 e. The summed E-state index contributed by atoms with van der Waals surface area (Å²) in [5, 5.41) is 6.19. The smallest absolute Gasteiger partial charge is 0.282 e. The molecule has 2 aromatic carbocycles. The van der Waals surface area contributed by atoms with Crippen molar-refractivity contribution in [3.05, 3.63) is 59.4 Å². The molecular formula is C23H27N7O2S. The predicted molar refractivity (Wildman–Crippen MR) is 136 cm³/mol. The largest absolute Gasteiger partial charge is 0.397 e. The van der Waals surface area contributed by atoms with Gasteiger partial charge in [0.05, 0.1) is 15.9 Å². The van der Waals surface area contributed by atoms with E-state index >= 15 is 0 Å². The highest BCUT2D eigenvalue weighted by Gasteiger charge is 2.19. The van der Waals surface area contributed by atoms with Gasteiger partial charge in [0.25, 0.3) is 5.91 Å². The van der Waals surface area contributed by atoms with Gasteiger partial charge < -0.3 is 27.0 Å². The summed E-state index contributed by atoms with van der Waals surface area (Å²) >= 11 is 1.26. The van der Waals surface area contributed by atoms with Gasteiger partial charge in [-0.2, -0.15) is 0 Å². The van der Waals surface area contributed by atoms with Crippen molar-refractivity contribution in [2.75, 3.05) is 36.0 Å². The quantitative estimate of drug-likeness (QED) is 0.283. The lowest BCUT2D eigenvalue weighted by Crippen LogP contribution is -2.35. The first-order valence-corrected chi connectivity index (χ1v) is 11.2. The molecule has 0 bridgehead atoms. The second-order valence-electron chi connectivity index (χ2n) is 7.20. The highest BCUT2D eigenvalue weighted by molar-refractivity contribution is 7.21. The molecule has 172 valence electrons. The van der Waals surface area contributed by atoms with Crippen molar-refractivity contribution < 1.29 is 9.59 Å². The molecule has 0 spiro atoms. The van der Waals surface area contributed by atoms with Gasteiger partial charge in [0.1, 0.15) is 5.82 Å². The zero-order valence-electron chi connectivity index (χ0n) is 18.6. The minimum Gasteiger partial charge on any atom is -0.397 e. The maximum absolute atomic E-state index is 12.7. The predicted octanol–water partition coefficient (Wildman–Crippen LogP) is 3.26. The highest BCUT2D eigenvalue weighted by Crippen LogP contribution is 2.30. The molecule has 0 aliphatic rings. The van der Waals surface area contributed by atoms with Crippen molar-refractivity contribution in [2.45, 2.75) is 13.8 Å². The van der Waals surface area contributed by atoms with Crippen LogP contribution < -0.4 is 22.1 Å². The Morgan fingerprint density at radius 1 is 1.24 bits per heavy atom. The van der Waals surface area contributed by atoms with E-state index in [9.17, 15) is 9.59 Å². The Labute approximate surface area is 196 Å². The van der Waals surface area contributed by atoms with Crippen LogP contribution in [-0.4, -0.2) is 47.5 Å². The molecule has 3 aromatic rings. The number of hydrogen-bond donors (Lipinski definition) is 4. The first-order valence-electron chi connectivity index (χ1n) is 10.4. The SMILES string of the molecule is C=C(/N=C\c1ccc2nc(C(=O)N(CC)CCN)sc2c1N)Nc1cccc(NC(C)=O)c1. The third-order valence-electron chi connectivity index (χ3n) is 4.71. The maximum atomic E-state index is 12.7. The number of thiazole rings is 1. The molecule has 0 atom stereocenters. The fourth-order valence-corrected chi connectivity index (χ4v) is 4.15. The van der Waals surface area contributed by atoms with Crippen LogP contribution in [0.1, 0.15) is 29.2 Å². The Bertz CT molecular complexity index is 1220. The van der Waals surface area contributed by atoms with Gasteiger partial charge >= 0.3 is 0 Å². The number of rotatable bonds is 9. The summed E-state index contributed by atoms with van der Waals surface area (Å²) < 4.78 is 0.729. The van der Waals surface area contributed by atoms with Crippen molar-refractivity contribution >= 4 is 56.6 Å². The first-order chi connectivity index (χ1) is 15.8. The number of nitrogen functional groups attached to an aromatic ring is 1. The van der Waals surface area contributed by atoms with E-state index in [4.69, 9.17) is 11.5 Å². The Balaban J connectivity index is 1.76. The zero-order valence-corrected chi connectivity index (χ0v) is 19.4. The van der Waals surface area contributed by atoms with E-state index in [1.165, 1.54) is 18.3 Å². The van der Waals surface area contributed by atoms with Gasteiger partial charge in [-0.15, -0.1) is 11.3 Å². The number of anilines is 3. The van der Waals surface area contributed by atoms with Crippen molar-refractivity contribution in [3.8, 4) is 0 Å². The highest BCUT2D eigenvalue weighted by atomic mass is 32.1. The Morgan fingerprint density at radius 3 is 2.64 bits per heavy atom. The molecule has 3 rings (SSSR count). The fraction of sp³-hybridized carbons (Fsp3) is 0.217. The molecule has 0 radical (unpaired) electrons. The number of nitrogens with one attached hydrogen (secondary N) is 2. The van der Waals surface area contributed by atoms with Crippen LogP contribution in [0, 0.1) is 0 Å². The molecule has 0 saturated heterocycles. The van der Waals surface area contributed by atoms with E-state index in [0.29, 0.717) is 52.9 Å². The summed E-state index contributed by atoms with van der Waals surface area (Å²) in [5.74, 6) is 0.0948. The number of likely N-dealkylation sites (N-methyl/N-ethyl adjacent to an activating group) is 1. The van der Waals surface area contributed by atoms with Gasteiger partial charge in [0.2, 0.25) is 5.91 Å². The van der Waals surface area contributed by atoms with Gasteiger partial charge in [-0.3, -0.25) is 9.59 Å². The average molecular weight is 466 g/mol. The molecule has 2 amide bonds. The van der Waals surface area contributed by atoms with Crippen molar-refractivity contribution in [3.63, 3.8) is 0 Å². The van der Waals surface area contributed by atoms with Crippen LogP contribution in [0.3, 0.4) is 0 Å². The number of aliphatic imine (C=N–C) groups is 1. The van der Waals surface area contributed by atoms with Gasteiger partial charge in [-0.1, -0.05) is 12.6 Å². The molecule has 0 unspecified atom stereocenters. The van der Waals surface area contributed by atoms with Gasteiger partial charge in [-0.25, -0.2) is 9.98 Å². The minimum absolute atomic E-state index is 0.149. The number of nitrogens with zero attached hydrogens (tertiary/aromatic N) is 3. The molecule has 6 N–H and O–H groups in total. The van der Waals surface area contributed by atoms with E-state index in [-0.39, 0.29) is 11.8 Å². The second-order valence-corrected chi connectivity index (χ2v) is 8.20. The molecule has 0 aliphatic heterocycles. The van der Waals surface area contributed by atoms with E-state index < -0.39 is 0 Å².